The van der Waals surface area contributed by atoms with Crippen LogP contribution in [0, 0.1) is 18.3 Å². The molecule has 3 aromatic rings. The zero-order chi connectivity index (χ0) is 47.8. The van der Waals surface area contributed by atoms with Crippen LogP contribution in [0.1, 0.15) is 82.2 Å². The van der Waals surface area contributed by atoms with Crippen LogP contribution in [0.3, 0.4) is 0 Å². The molecule has 0 radical (unpaired) electrons. The normalized spacial score (nSPS) is 26.3. The number of piperidine rings is 1. The van der Waals surface area contributed by atoms with Crippen LogP contribution in [0.4, 0.5) is 13.2 Å². The van der Waals surface area contributed by atoms with E-state index in [1.807, 2.05) is 48.2 Å². The first-order chi connectivity index (χ1) is 31.8. The molecule has 8 atom stereocenters. The van der Waals surface area contributed by atoms with Crippen molar-refractivity contribution in [2.24, 2.45) is 16.4 Å². The summed E-state index contributed by atoms with van der Waals surface area (Å²) in [6.07, 6.45) is -1.95. The van der Waals surface area contributed by atoms with E-state index in [1.165, 1.54) is 4.90 Å². The van der Waals surface area contributed by atoms with Crippen molar-refractivity contribution in [3.63, 3.8) is 0 Å². The molecular formula is C46H58F3N9O8S. The molecule has 67 heavy (non-hydrogen) atoms. The van der Waals surface area contributed by atoms with Gasteiger partial charge in [0.25, 0.3) is 5.82 Å². The quantitative estimate of drug-likeness (QED) is 0.176. The van der Waals surface area contributed by atoms with Crippen molar-refractivity contribution in [3.05, 3.63) is 76.5 Å². The minimum absolute atomic E-state index is 0.0369. The zero-order valence-electron chi connectivity index (χ0n) is 37.9. The van der Waals surface area contributed by atoms with Crippen LogP contribution in [0.25, 0.3) is 10.4 Å². The van der Waals surface area contributed by atoms with Crippen molar-refractivity contribution in [1.82, 2.24) is 40.3 Å². The Morgan fingerprint density at radius 2 is 1.75 bits per heavy atom. The van der Waals surface area contributed by atoms with Crippen molar-refractivity contribution < 1.29 is 52.3 Å². The second kappa shape index (κ2) is 19.9. The molecular weight excluding hydrogens is 896 g/mol. The number of aryl methyl sites for hydroxylation is 2. The van der Waals surface area contributed by atoms with E-state index in [2.05, 4.69) is 37.0 Å². The van der Waals surface area contributed by atoms with Crippen LogP contribution in [-0.4, -0.2) is 143 Å². The Morgan fingerprint density at radius 3 is 2.40 bits per heavy atom. The molecule has 8 rings (SSSR count). The van der Waals surface area contributed by atoms with Crippen LogP contribution < -0.4 is 10.6 Å². The van der Waals surface area contributed by atoms with Gasteiger partial charge in [-0.1, -0.05) is 63.3 Å². The number of nitrogens with zero attached hydrogens (tertiary/aromatic N) is 7. The molecule has 1 aliphatic carbocycles. The third-order valence-electron chi connectivity index (χ3n) is 13.2. The summed E-state index contributed by atoms with van der Waals surface area (Å²) in [5.74, 6) is -1.63. The van der Waals surface area contributed by atoms with Gasteiger partial charge < -0.3 is 45.2 Å². The van der Waals surface area contributed by atoms with Crippen molar-refractivity contribution in [2.45, 2.75) is 134 Å². The number of amidine groups is 1. The number of carbonyl (C=O) groups excluding carboxylic acids is 3. The number of fused-ring (bicyclic) bond motifs is 1. The molecule has 3 fully saturated rings. The topological polar surface area (TPSA) is 217 Å². The number of thiazole rings is 1. The lowest BCUT2D eigenvalue weighted by Crippen LogP contribution is -2.58. The lowest BCUT2D eigenvalue weighted by atomic mass is 9.85. The Morgan fingerprint density at radius 1 is 1.01 bits per heavy atom. The van der Waals surface area contributed by atoms with Crippen LogP contribution in [0.2, 0.25) is 0 Å². The predicted molar refractivity (Wildman–Crippen MR) is 239 cm³/mol. The number of ether oxygens (including phenoxy) is 2. The molecule has 0 spiro atoms. The highest BCUT2D eigenvalue weighted by atomic mass is 32.1. The number of nitrogens with one attached hydrogen (secondary N) is 2. The number of hydrogen-bond acceptors (Lipinski definition) is 14. The first-order valence-electron chi connectivity index (χ1n) is 22.7. The standard InChI is InChI=1S/C46H58F3N9O8S/c1-25-40(67-24-51-25)29-7-5-26(6-8-29)21-50-42(63)32-19-30(59)22-57(32)43(64)41(45(2,3)4)52-37(60)20-33-38(61)39(62)34(66-33)23-65-31-11-9-27(10-12-31)28-15-17-56(18-16-28)36-14-13-35-53-54-44(46(47,48)49)58(35)55-36/h5-11,24,28,30-34,38-39,41,59,61-62H,12-23H2,1-4H3,(H,50,63)(H,52,60)/t30?,31?,32?,33?,34-,38+,39-,41?/m1/s1. The van der Waals surface area contributed by atoms with Gasteiger partial charge in [0.15, 0.2) is 5.82 Å². The molecule has 0 saturated carbocycles. The monoisotopic (exact) mass is 953 g/mol. The molecule has 21 heteroatoms. The third kappa shape index (κ3) is 11.0. The van der Waals surface area contributed by atoms with E-state index in [-0.39, 0.29) is 50.4 Å². The molecule has 1 aromatic carbocycles. The van der Waals surface area contributed by atoms with Crippen molar-refractivity contribution in [2.75, 3.05) is 26.2 Å². The second-order valence-electron chi connectivity index (χ2n) is 19.0. The Hall–Kier alpha value is -5.06. The summed E-state index contributed by atoms with van der Waals surface area (Å²) in [6.45, 7) is 8.63. The number of carbonyl (C=O) groups is 3. The van der Waals surface area contributed by atoms with Gasteiger partial charge in [-0.05, 0) is 54.2 Å². The maximum absolute atomic E-state index is 14.2. The van der Waals surface area contributed by atoms with E-state index in [0.29, 0.717) is 38.2 Å². The summed E-state index contributed by atoms with van der Waals surface area (Å²) in [5, 5.41) is 49.4. The first kappa shape index (κ1) is 48.4. The van der Waals surface area contributed by atoms with Crippen LogP contribution >= 0.6 is 11.3 Å². The maximum Gasteiger partial charge on any atom is 0.453 e. The largest absolute Gasteiger partial charge is 0.453 e. The minimum Gasteiger partial charge on any atom is -0.391 e. The maximum atomic E-state index is 14.2. The number of β-amino-alcohol motifs (C(OH)–C–C–N with tert-alkyl or cyclic N) is 1. The molecule has 17 nitrogen and oxygen atoms in total. The van der Waals surface area contributed by atoms with E-state index in [0.717, 1.165) is 44.8 Å². The zero-order valence-corrected chi connectivity index (χ0v) is 38.7. The fraction of sp³-hybridized carbons (Fsp3) is 0.587. The molecule has 4 aliphatic heterocycles. The van der Waals surface area contributed by atoms with Crippen LogP contribution in [0.15, 0.2) is 58.7 Å². The summed E-state index contributed by atoms with van der Waals surface area (Å²) >= 11 is 1.55. The van der Waals surface area contributed by atoms with Gasteiger partial charge in [-0.2, -0.15) is 22.9 Å². The van der Waals surface area contributed by atoms with E-state index in [4.69, 9.17) is 9.47 Å². The molecule has 3 saturated heterocycles. The third-order valence-corrected chi connectivity index (χ3v) is 14.2. The molecule has 5 N–H and O–H groups in total. The number of amides is 3. The average Bonchev–Trinajstić information content (AvgIpc) is 4.09. The SMILES string of the molecule is Cc1ncsc1-c1ccc(CNC(=O)C2CC(O)CN2C(=O)C(NC(=O)CC2O[C@H](COC3C=CC(C4CCN(C5=Nn6c(nnc6C(F)(F)F)CC5)CC4)=CC3)[C@@H](O)[C@H]2O)C(C)(C)C)cc1. The number of alkyl halides is 3. The average molecular weight is 954 g/mol. The molecule has 5 unspecified atom stereocenters. The van der Waals surface area contributed by atoms with Gasteiger partial charge in [-0.3, -0.25) is 14.4 Å². The molecule has 0 bridgehead atoms. The van der Waals surface area contributed by atoms with E-state index in [9.17, 15) is 42.9 Å². The molecule has 2 aromatic heterocycles. The van der Waals surface area contributed by atoms with Gasteiger partial charge in [-0.25, -0.2) is 4.98 Å². The highest BCUT2D eigenvalue weighted by Gasteiger charge is 2.47. The number of hydrogen-bond donors (Lipinski definition) is 5. The minimum atomic E-state index is -4.65. The van der Waals surface area contributed by atoms with Gasteiger partial charge in [-0.15, -0.1) is 21.5 Å². The van der Waals surface area contributed by atoms with Crippen LogP contribution in [0.5, 0.6) is 0 Å². The van der Waals surface area contributed by atoms with Crippen LogP contribution in [-0.2, 0) is 43.0 Å². The summed E-state index contributed by atoms with van der Waals surface area (Å²) < 4.78 is 53.1. The Bertz CT molecular complexity index is 2370. The van der Waals surface area contributed by atoms with Gasteiger partial charge in [0.2, 0.25) is 17.7 Å². The number of halogens is 3. The summed E-state index contributed by atoms with van der Waals surface area (Å²) in [6, 6.07) is 5.70. The van der Waals surface area contributed by atoms with Crippen molar-refractivity contribution in [3.8, 4) is 10.4 Å². The van der Waals surface area contributed by atoms with Crippen molar-refractivity contribution >= 4 is 34.9 Å². The number of aromatic nitrogens is 4. The summed E-state index contributed by atoms with van der Waals surface area (Å²) in [5.41, 5.74) is 4.95. The van der Waals surface area contributed by atoms with Gasteiger partial charge in [0, 0.05) is 45.4 Å². The fourth-order valence-electron chi connectivity index (χ4n) is 9.41. The lowest BCUT2D eigenvalue weighted by Gasteiger charge is -2.36. The number of benzene rings is 1. The van der Waals surface area contributed by atoms with Gasteiger partial charge >= 0.3 is 6.18 Å². The highest BCUT2D eigenvalue weighted by Crippen LogP contribution is 2.34. The Labute approximate surface area is 390 Å². The molecule has 6 heterocycles. The molecule has 3 amide bonds. The number of rotatable bonds is 12. The Kier molecular flexibility index (Phi) is 14.4. The van der Waals surface area contributed by atoms with E-state index < -0.39 is 77.7 Å². The predicted octanol–water partition coefficient (Wildman–Crippen LogP) is 3.51. The summed E-state index contributed by atoms with van der Waals surface area (Å²) in [7, 11) is 0. The van der Waals surface area contributed by atoms with Gasteiger partial charge in [0.05, 0.1) is 47.4 Å². The lowest BCUT2D eigenvalue weighted by molar-refractivity contribution is -0.147. The number of allylic oxidation sites excluding steroid dienone is 2. The van der Waals surface area contributed by atoms with E-state index in [1.54, 1.807) is 37.6 Å². The molecule has 5 aliphatic rings. The summed E-state index contributed by atoms with van der Waals surface area (Å²) in [4.78, 5) is 49.9. The second-order valence-corrected chi connectivity index (χ2v) is 19.9. The highest BCUT2D eigenvalue weighted by molar-refractivity contribution is 7.13. The van der Waals surface area contributed by atoms with Crippen molar-refractivity contribution in [1.29, 1.82) is 0 Å². The Balaban J connectivity index is 0.788. The molecule has 362 valence electrons. The first-order valence-corrected chi connectivity index (χ1v) is 23.6. The van der Waals surface area contributed by atoms with Gasteiger partial charge in [0.1, 0.15) is 36.2 Å². The smallest absolute Gasteiger partial charge is 0.391 e. The number of aliphatic hydroxyl groups is 3. The number of likely N-dealkylation sites (tertiary alicyclic amines) is 2. The van der Waals surface area contributed by atoms with E-state index >= 15 is 0 Å². The number of aliphatic hydroxyl groups excluding tert-OH is 3. The fourth-order valence-corrected chi connectivity index (χ4v) is 10.2.